The van der Waals surface area contributed by atoms with E-state index >= 15 is 0 Å². The van der Waals surface area contributed by atoms with Crippen molar-refractivity contribution < 1.29 is 14.2 Å². The lowest BCUT2D eigenvalue weighted by Crippen LogP contribution is -2.31. The van der Waals surface area contributed by atoms with E-state index < -0.39 is 0 Å². The number of hydrogen-bond donors (Lipinski definition) is 2. The van der Waals surface area contributed by atoms with Crippen molar-refractivity contribution in [2.24, 2.45) is 5.92 Å². The molecular weight excluding hydrogens is 256 g/mol. The summed E-state index contributed by atoms with van der Waals surface area (Å²) in [6.45, 7) is 5.08. The zero-order chi connectivity index (χ0) is 13.9. The Morgan fingerprint density at radius 3 is 2.45 bits per heavy atom. The molecule has 0 aliphatic carbocycles. The van der Waals surface area contributed by atoms with Gasteiger partial charge in [-0.2, -0.15) is 0 Å². The summed E-state index contributed by atoms with van der Waals surface area (Å²) in [6, 6.07) is 4.15. The van der Waals surface area contributed by atoms with Crippen LogP contribution in [0.1, 0.15) is 19.8 Å². The number of fused-ring (bicyclic) bond motifs is 1. The summed E-state index contributed by atoms with van der Waals surface area (Å²) in [5, 5.41) is 3.51. The highest BCUT2D eigenvalue weighted by molar-refractivity contribution is 5.72. The standard InChI is InChI=1S/C15H22N2O3/c1-10(11-2-4-18-5-3-11)17-13-9-15-14(8-12(13)16)19-6-7-20-15/h8-11,17H,2-7,16H2,1H3. The van der Waals surface area contributed by atoms with Gasteiger partial charge in [0.05, 0.1) is 11.4 Å². The molecule has 3 rings (SSSR count). The molecule has 2 aliphatic rings. The molecule has 3 N–H and O–H groups in total. The van der Waals surface area contributed by atoms with Crippen LogP contribution in [0.3, 0.4) is 0 Å². The largest absolute Gasteiger partial charge is 0.486 e. The van der Waals surface area contributed by atoms with Gasteiger partial charge < -0.3 is 25.3 Å². The van der Waals surface area contributed by atoms with Crippen LogP contribution in [0, 0.1) is 5.92 Å². The second kappa shape index (κ2) is 5.79. The lowest BCUT2D eigenvalue weighted by molar-refractivity contribution is 0.0622. The van der Waals surface area contributed by atoms with Crippen LogP contribution in [0.4, 0.5) is 11.4 Å². The highest BCUT2D eigenvalue weighted by Gasteiger charge is 2.22. The van der Waals surface area contributed by atoms with Gasteiger partial charge in [-0.25, -0.2) is 0 Å². The van der Waals surface area contributed by atoms with E-state index in [1.54, 1.807) is 0 Å². The van der Waals surface area contributed by atoms with Gasteiger partial charge in [0.25, 0.3) is 0 Å². The Hall–Kier alpha value is -1.62. The SMILES string of the molecule is CC(Nc1cc2c(cc1N)OCCO2)C1CCOCC1. The molecule has 0 radical (unpaired) electrons. The summed E-state index contributed by atoms with van der Waals surface area (Å²) >= 11 is 0. The third kappa shape index (κ3) is 2.77. The molecule has 0 spiro atoms. The zero-order valence-corrected chi connectivity index (χ0v) is 11.9. The van der Waals surface area contributed by atoms with Crippen LogP contribution in [-0.4, -0.2) is 32.5 Å². The Balaban J connectivity index is 1.73. The Bertz CT molecular complexity index is 472. The van der Waals surface area contributed by atoms with Crippen molar-refractivity contribution in [2.45, 2.75) is 25.8 Å². The third-order valence-electron chi connectivity index (χ3n) is 4.07. The van der Waals surface area contributed by atoms with E-state index in [9.17, 15) is 0 Å². The maximum atomic E-state index is 6.10. The van der Waals surface area contributed by atoms with Crippen molar-refractivity contribution in [2.75, 3.05) is 37.5 Å². The fraction of sp³-hybridized carbons (Fsp3) is 0.600. The lowest BCUT2D eigenvalue weighted by atomic mass is 9.92. The number of anilines is 2. The van der Waals surface area contributed by atoms with Gasteiger partial charge in [0.15, 0.2) is 11.5 Å². The topological polar surface area (TPSA) is 65.7 Å². The molecule has 1 aromatic rings. The maximum Gasteiger partial charge on any atom is 0.163 e. The minimum absolute atomic E-state index is 0.365. The molecule has 20 heavy (non-hydrogen) atoms. The first-order chi connectivity index (χ1) is 9.74. The fourth-order valence-electron chi connectivity index (χ4n) is 2.81. The second-order valence-electron chi connectivity index (χ2n) is 5.47. The first kappa shape index (κ1) is 13.4. The van der Waals surface area contributed by atoms with Gasteiger partial charge in [0.1, 0.15) is 13.2 Å². The number of nitrogen functional groups attached to an aromatic ring is 1. The summed E-state index contributed by atoms with van der Waals surface area (Å²) in [7, 11) is 0. The van der Waals surface area contributed by atoms with Gasteiger partial charge in [-0.1, -0.05) is 0 Å². The molecule has 110 valence electrons. The van der Waals surface area contributed by atoms with Crippen LogP contribution in [0.25, 0.3) is 0 Å². The Kier molecular flexibility index (Phi) is 3.87. The molecule has 5 nitrogen and oxygen atoms in total. The van der Waals surface area contributed by atoms with Crippen molar-refractivity contribution >= 4 is 11.4 Å². The van der Waals surface area contributed by atoms with Crippen LogP contribution < -0.4 is 20.5 Å². The van der Waals surface area contributed by atoms with E-state index in [1.165, 1.54) is 0 Å². The van der Waals surface area contributed by atoms with E-state index in [1.807, 2.05) is 12.1 Å². The minimum Gasteiger partial charge on any atom is -0.486 e. The molecule has 2 aliphatic heterocycles. The van der Waals surface area contributed by atoms with Crippen LogP contribution >= 0.6 is 0 Å². The van der Waals surface area contributed by atoms with Crippen molar-refractivity contribution in [3.63, 3.8) is 0 Å². The van der Waals surface area contributed by atoms with Gasteiger partial charge in [-0.05, 0) is 25.7 Å². The first-order valence-electron chi connectivity index (χ1n) is 7.27. The van der Waals surface area contributed by atoms with E-state index in [2.05, 4.69) is 12.2 Å². The second-order valence-corrected chi connectivity index (χ2v) is 5.47. The molecule has 1 fully saturated rings. The Morgan fingerprint density at radius 2 is 1.75 bits per heavy atom. The van der Waals surface area contributed by atoms with Gasteiger partial charge in [0, 0.05) is 31.4 Å². The summed E-state index contributed by atoms with van der Waals surface area (Å²) in [5.74, 6) is 2.13. The minimum atomic E-state index is 0.365. The van der Waals surface area contributed by atoms with E-state index in [0.29, 0.717) is 30.9 Å². The number of nitrogens with two attached hydrogens (primary N) is 1. The predicted molar refractivity (Wildman–Crippen MR) is 78.5 cm³/mol. The average Bonchev–Trinajstić information content (AvgIpc) is 2.49. The average molecular weight is 278 g/mol. The van der Waals surface area contributed by atoms with E-state index in [-0.39, 0.29) is 0 Å². The van der Waals surface area contributed by atoms with Crippen molar-refractivity contribution in [3.8, 4) is 11.5 Å². The number of ether oxygens (including phenoxy) is 3. The molecule has 1 saturated heterocycles. The monoisotopic (exact) mass is 278 g/mol. The lowest BCUT2D eigenvalue weighted by Gasteiger charge is -2.30. The number of benzene rings is 1. The van der Waals surface area contributed by atoms with E-state index in [0.717, 1.165) is 43.2 Å². The Morgan fingerprint density at radius 1 is 1.10 bits per heavy atom. The molecular formula is C15H22N2O3. The predicted octanol–water partition coefficient (Wildman–Crippen LogP) is 2.27. The van der Waals surface area contributed by atoms with Gasteiger partial charge >= 0.3 is 0 Å². The molecule has 0 aromatic heterocycles. The summed E-state index contributed by atoms with van der Waals surface area (Å²) in [4.78, 5) is 0. The Labute approximate surface area is 119 Å². The quantitative estimate of drug-likeness (QED) is 0.830. The van der Waals surface area contributed by atoms with Crippen LogP contribution in [0.2, 0.25) is 0 Å². The summed E-state index contributed by atoms with van der Waals surface area (Å²) in [6.07, 6.45) is 2.19. The zero-order valence-electron chi connectivity index (χ0n) is 11.9. The van der Waals surface area contributed by atoms with Gasteiger partial charge in [0.2, 0.25) is 0 Å². The van der Waals surface area contributed by atoms with Crippen LogP contribution in [0.5, 0.6) is 11.5 Å². The molecule has 1 atom stereocenters. The maximum absolute atomic E-state index is 6.10. The highest BCUT2D eigenvalue weighted by atomic mass is 16.6. The highest BCUT2D eigenvalue weighted by Crippen LogP contribution is 2.37. The van der Waals surface area contributed by atoms with Crippen molar-refractivity contribution in [1.29, 1.82) is 0 Å². The molecule has 0 bridgehead atoms. The van der Waals surface area contributed by atoms with Crippen LogP contribution in [0.15, 0.2) is 12.1 Å². The third-order valence-corrected chi connectivity index (χ3v) is 4.07. The van der Waals surface area contributed by atoms with Gasteiger partial charge in [-0.3, -0.25) is 0 Å². The number of rotatable bonds is 3. The normalized spacial score (nSPS) is 20.4. The molecule has 1 unspecified atom stereocenters. The molecule has 5 heteroatoms. The van der Waals surface area contributed by atoms with Gasteiger partial charge in [-0.15, -0.1) is 0 Å². The van der Waals surface area contributed by atoms with Crippen LogP contribution in [-0.2, 0) is 4.74 Å². The number of nitrogens with one attached hydrogen (secondary N) is 1. The van der Waals surface area contributed by atoms with Crippen molar-refractivity contribution in [1.82, 2.24) is 0 Å². The summed E-state index contributed by atoms with van der Waals surface area (Å²) in [5.41, 5.74) is 7.73. The van der Waals surface area contributed by atoms with Crippen molar-refractivity contribution in [3.05, 3.63) is 12.1 Å². The van der Waals surface area contributed by atoms with E-state index in [4.69, 9.17) is 19.9 Å². The molecule has 0 saturated carbocycles. The number of hydrogen-bond acceptors (Lipinski definition) is 5. The molecule has 1 aromatic carbocycles. The smallest absolute Gasteiger partial charge is 0.163 e. The fourth-order valence-corrected chi connectivity index (χ4v) is 2.81. The molecule has 0 amide bonds. The summed E-state index contributed by atoms with van der Waals surface area (Å²) < 4.78 is 16.5. The first-order valence-corrected chi connectivity index (χ1v) is 7.27. The molecule has 2 heterocycles.